The fraction of sp³-hybridized carbons (Fsp3) is 0.500. The molecule has 1 aliphatic rings. The largest absolute Gasteiger partial charge is 0.508 e. The predicted octanol–water partition coefficient (Wildman–Crippen LogP) is 2.49. The van der Waals surface area contributed by atoms with Gasteiger partial charge >= 0.3 is 5.97 Å². The van der Waals surface area contributed by atoms with E-state index in [2.05, 4.69) is 0 Å². The molecule has 0 amide bonds. The van der Waals surface area contributed by atoms with E-state index in [9.17, 15) is 14.7 Å². The Kier molecular flexibility index (Phi) is 4.50. The first-order valence-corrected chi connectivity index (χ1v) is 7.08. The Morgan fingerprint density at radius 3 is 2.86 bits per heavy atom. The number of benzene rings is 1. The number of esters is 1. The predicted molar refractivity (Wildman–Crippen MR) is 76.6 cm³/mol. The highest BCUT2D eigenvalue weighted by molar-refractivity contribution is 6.02. The minimum atomic E-state index is -0.414. The number of rotatable bonds is 4. The smallest absolute Gasteiger partial charge is 0.310 e. The van der Waals surface area contributed by atoms with E-state index in [0.29, 0.717) is 23.5 Å². The summed E-state index contributed by atoms with van der Waals surface area (Å²) in [5.74, 6) is 0.0731. The second-order valence-electron chi connectivity index (χ2n) is 5.79. The summed E-state index contributed by atoms with van der Waals surface area (Å²) in [5, 5.41) is 9.73. The van der Waals surface area contributed by atoms with Crippen LogP contribution in [-0.4, -0.2) is 29.6 Å². The van der Waals surface area contributed by atoms with E-state index in [-0.39, 0.29) is 36.4 Å². The van der Waals surface area contributed by atoms with Gasteiger partial charge in [0.15, 0.2) is 5.78 Å². The van der Waals surface area contributed by atoms with Crippen molar-refractivity contribution in [2.75, 3.05) is 6.61 Å². The first-order chi connectivity index (χ1) is 9.86. The molecule has 0 aromatic heterocycles. The third kappa shape index (κ3) is 3.74. The molecular formula is C16H20O5. The molecule has 1 heterocycles. The normalized spacial score (nSPS) is 17.3. The van der Waals surface area contributed by atoms with Crippen molar-refractivity contribution in [2.45, 2.75) is 39.7 Å². The Balaban J connectivity index is 2.24. The number of ether oxygens (including phenoxy) is 2. The quantitative estimate of drug-likeness (QED) is 0.863. The summed E-state index contributed by atoms with van der Waals surface area (Å²) in [7, 11) is 0. The van der Waals surface area contributed by atoms with Crippen molar-refractivity contribution in [3.05, 3.63) is 23.3 Å². The molecule has 1 aliphatic heterocycles. The third-order valence-corrected chi connectivity index (χ3v) is 3.16. The molecule has 0 bridgehead atoms. The van der Waals surface area contributed by atoms with Gasteiger partial charge in [0.25, 0.3) is 0 Å². The van der Waals surface area contributed by atoms with Gasteiger partial charge in [-0.05, 0) is 24.5 Å². The lowest BCUT2D eigenvalue weighted by atomic mass is 9.94. The second kappa shape index (κ2) is 6.16. The van der Waals surface area contributed by atoms with Gasteiger partial charge in [0, 0.05) is 12.5 Å². The Hall–Kier alpha value is -2.04. The number of carbonyl (C=O) groups is 2. The zero-order valence-electron chi connectivity index (χ0n) is 12.5. The number of ketones is 1. The summed E-state index contributed by atoms with van der Waals surface area (Å²) >= 11 is 0. The number of hydrogen-bond acceptors (Lipinski definition) is 5. The maximum atomic E-state index is 12.2. The van der Waals surface area contributed by atoms with Crippen molar-refractivity contribution in [1.29, 1.82) is 0 Å². The molecule has 0 aliphatic carbocycles. The van der Waals surface area contributed by atoms with Crippen LogP contribution in [-0.2, 0) is 16.0 Å². The van der Waals surface area contributed by atoms with E-state index in [4.69, 9.17) is 9.47 Å². The highest BCUT2D eigenvalue weighted by Gasteiger charge is 2.28. The number of carbonyl (C=O) groups excluding carboxylic acids is 2. The summed E-state index contributed by atoms with van der Waals surface area (Å²) in [5.41, 5.74) is 0.836. The minimum absolute atomic E-state index is 0.0256. The second-order valence-corrected chi connectivity index (χ2v) is 5.79. The highest BCUT2D eigenvalue weighted by Crippen LogP contribution is 2.34. The summed E-state index contributed by atoms with van der Waals surface area (Å²) in [4.78, 5) is 24.0. The van der Waals surface area contributed by atoms with Crippen LogP contribution in [0.25, 0.3) is 0 Å². The molecule has 1 atom stereocenters. The van der Waals surface area contributed by atoms with Crippen molar-refractivity contribution in [3.8, 4) is 11.5 Å². The van der Waals surface area contributed by atoms with E-state index in [1.54, 1.807) is 6.92 Å². The lowest BCUT2D eigenvalue weighted by Crippen LogP contribution is -2.26. The van der Waals surface area contributed by atoms with Crippen LogP contribution in [0.2, 0.25) is 0 Å². The Bertz CT molecular complexity index is 562. The van der Waals surface area contributed by atoms with Crippen LogP contribution >= 0.6 is 0 Å². The molecule has 5 nitrogen and oxygen atoms in total. The lowest BCUT2D eigenvalue weighted by Gasteiger charge is -2.24. The van der Waals surface area contributed by atoms with Gasteiger partial charge in [0.05, 0.1) is 18.6 Å². The van der Waals surface area contributed by atoms with Crippen LogP contribution in [0.3, 0.4) is 0 Å². The van der Waals surface area contributed by atoms with Crippen molar-refractivity contribution in [1.82, 2.24) is 0 Å². The standard InChI is InChI=1S/C16H20O5/c1-9(2)8-20-15(19)6-11-5-12(17)7-14-16(11)13(18)4-10(3)21-14/h5,7,9-10,17H,4,6,8H2,1-3H3. The minimum Gasteiger partial charge on any atom is -0.508 e. The van der Waals surface area contributed by atoms with Gasteiger partial charge in [0.2, 0.25) is 0 Å². The highest BCUT2D eigenvalue weighted by atomic mass is 16.5. The number of phenols is 1. The molecule has 0 spiro atoms. The maximum absolute atomic E-state index is 12.2. The molecule has 114 valence electrons. The van der Waals surface area contributed by atoms with Crippen LogP contribution in [0, 0.1) is 5.92 Å². The van der Waals surface area contributed by atoms with Gasteiger partial charge in [-0.15, -0.1) is 0 Å². The van der Waals surface area contributed by atoms with Crippen LogP contribution in [0.4, 0.5) is 0 Å². The van der Waals surface area contributed by atoms with Gasteiger partial charge in [-0.3, -0.25) is 9.59 Å². The number of phenolic OH excluding ortho intramolecular Hbond substituents is 1. The molecule has 0 saturated carbocycles. The van der Waals surface area contributed by atoms with Crippen LogP contribution in [0.5, 0.6) is 11.5 Å². The molecule has 0 saturated heterocycles. The molecular weight excluding hydrogens is 272 g/mol. The lowest BCUT2D eigenvalue weighted by molar-refractivity contribution is -0.143. The zero-order valence-corrected chi connectivity index (χ0v) is 12.5. The Labute approximate surface area is 123 Å². The van der Waals surface area contributed by atoms with Crippen LogP contribution < -0.4 is 4.74 Å². The third-order valence-electron chi connectivity index (χ3n) is 3.16. The van der Waals surface area contributed by atoms with Gasteiger partial charge in [0.1, 0.15) is 17.6 Å². The van der Waals surface area contributed by atoms with Gasteiger partial charge in [-0.25, -0.2) is 0 Å². The first-order valence-electron chi connectivity index (χ1n) is 7.08. The zero-order chi connectivity index (χ0) is 15.6. The average Bonchev–Trinajstić information content (AvgIpc) is 2.34. The summed E-state index contributed by atoms with van der Waals surface area (Å²) in [6.07, 6.45) is -0.00814. The number of Topliss-reactive ketones (excluding diaryl/α,β-unsaturated/α-hetero) is 1. The number of fused-ring (bicyclic) bond motifs is 1. The van der Waals surface area contributed by atoms with Gasteiger partial charge in [-0.2, -0.15) is 0 Å². The van der Waals surface area contributed by atoms with Crippen LogP contribution in [0.15, 0.2) is 12.1 Å². The van der Waals surface area contributed by atoms with Crippen molar-refractivity contribution in [3.63, 3.8) is 0 Å². The Morgan fingerprint density at radius 1 is 1.48 bits per heavy atom. The summed E-state index contributed by atoms with van der Waals surface area (Å²) in [6, 6.07) is 2.83. The summed E-state index contributed by atoms with van der Waals surface area (Å²) < 4.78 is 10.7. The van der Waals surface area contributed by atoms with E-state index in [1.165, 1.54) is 12.1 Å². The van der Waals surface area contributed by atoms with Crippen LogP contribution in [0.1, 0.15) is 43.1 Å². The van der Waals surface area contributed by atoms with Gasteiger partial charge in [-0.1, -0.05) is 13.8 Å². The average molecular weight is 292 g/mol. The topological polar surface area (TPSA) is 72.8 Å². The SMILES string of the molecule is CC(C)COC(=O)Cc1cc(O)cc2c1C(=O)CC(C)O2. The van der Waals surface area contributed by atoms with E-state index in [1.807, 2.05) is 13.8 Å². The van der Waals surface area contributed by atoms with Crippen molar-refractivity contribution < 1.29 is 24.2 Å². The molecule has 1 aromatic carbocycles. The molecule has 1 N–H and O–H groups in total. The number of aromatic hydroxyl groups is 1. The monoisotopic (exact) mass is 292 g/mol. The van der Waals surface area contributed by atoms with Crippen molar-refractivity contribution >= 4 is 11.8 Å². The van der Waals surface area contributed by atoms with Gasteiger partial charge < -0.3 is 14.6 Å². The molecule has 0 fully saturated rings. The van der Waals surface area contributed by atoms with E-state index < -0.39 is 5.97 Å². The number of hydrogen-bond donors (Lipinski definition) is 1. The summed E-state index contributed by atoms with van der Waals surface area (Å²) in [6.45, 7) is 6.02. The molecule has 1 aromatic rings. The fourth-order valence-electron chi connectivity index (χ4n) is 2.29. The van der Waals surface area contributed by atoms with E-state index in [0.717, 1.165) is 0 Å². The molecule has 2 rings (SSSR count). The molecule has 0 radical (unpaired) electrons. The molecule has 5 heteroatoms. The Morgan fingerprint density at radius 2 is 2.19 bits per heavy atom. The first kappa shape index (κ1) is 15.4. The molecule has 1 unspecified atom stereocenters. The van der Waals surface area contributed by atoms with Crippen molar-refractivity contribution in [2.24, 2.45) is 5.92 Å². The maximum Gasteiger partial charge on any atom is 0.310 e. The van der Waals surface area contributed by atoms with E-state index >= 15 is 0 Å². The fourth-order valence-corrected chi connectivity index (χ4v) is 2.29. The molecule has 21 heavy (non-hydrogen) atoms.